The van der Waals surface area contributed by atoms with Crippen molar-refractivity contribution in [2.45, 2.75) is 32.2 Å². The van der Waals surface area contributed by atoms with E-state index in [0.717, 1.165) is 24.2 Å². The Labute approximate surface area is 114 Å². The van der Waals surface area contributed by atoms with Crippen LogP contribution in [-0.2, 0) is 10.6 Å². The van der Waals surface area contributed by atoms with Crippen molar-refractivity contribution >= 4 is 17.3 Å². The van der Waals surface area contributed by atoms with Crippen molar-refractivity contribution in [1.82, 2.24) is 0 Å². The molecule has 0 bridgehead atoms. The van der Waals surface area contributed by atoms with Crippen molar-refractivity contribution in [3.05, 3.63) is 29.6 Å². The van der Waals surface area contributed by atoms with Gasteiger partial charge >= 0.3 is 0 Å². The van der Waals surface area contributed by atoms with Crippen LogP contribution in [0.25, 0.3) is 0 Å². The first kappa shape index (κ1) is 15.3. The second kappa shape index (κ2) is 7.59. The number of hydrogen-bond acceptors (Lipinski definition) is 2. The third-order valence-electron chi connectivity index (χ3n) is 3.09. The monoisotopic (exact) mass is 273 g/mol. The normalized spacial score (nSPS) is 12.5. The van der Waals surface area contributed by atoms with Gasteiger partial charge in [0.2, 0.25) is 0 Å². The lowest BCUT2D eigenvalue weighted by Gasteiger charge is -2.31. The van der Waals surface area contributed by atoms with Gasteiger partial charge in [0.1, 0.15) is 5.82 Å². The Balaban J connectivity index is 2.99. The van der Waals surface area contributed by atoms with Crippen molar-refractivity contribution in [3.63, 3.8) is 0 Å². The van der Waals surface area contributed by atoms with Gasteiger partial charge in [0, 0.05) is 31.3 Å². The van der Waals surface area contributed by atoms with E-state index in [1.165, 1.54) is 6.07 Å². The Bertz CT molecular complexity index is 373. The van der Waals surface area contributed by atoms with Gasteiger partial charge in [-0.1, -0.05) is 6.92 Å². The summed E-state index contributed by atoms with van der Waals surface area (Å²) in [4.78, 5) is 2.16. The lowest BCUT2D eigenvalue weighted by molar-refractivity contribution is 0.203. The first-order valence-corrected chi connectivity index (χ1v) is 6.76. The van der Waals surface area contributed by atoms with Gasteiger partial charge in [-0.2, -0.15) is 0 Å². The van der Waals surface area contributed by atoms with Crippen molar-refractivity contribution in [2.75, 3.05) is 25.2 Å². The highest BCUT2D eigenvalue weighted by atomic mass is 35.5. The van der Waals surface area contributed by atoms with Crippen molar-refractivity contribution in [3.8, 4) is 0 Å². The van der Waals surface area contributed by atoms with E-state index in [1.807, 2.05) is 6.07 Å². The van der Waals surface area contributed by atoms with E-state index in [4.69, 9.17) is 16.3 Å². The molecule has 0 heterocycles. The third kappa shape index (κ3) is 4.14. The molecule has 2 nitrogen and oxygen atoms in total. The van der Waals surface area contributed by atoms with Gasteiger partial charge in [-0.25, -0.2) is 4.39 Å². The number of anilines is 1. The molecule has 0 aromatic heterocycles. The summed E-state index contributed by atoms with van der Waals surface area (Å²) in [5.74, 6) is 0.0810. The van der Waals surface area contributed by atoms with Crippen LogP contribution in [0.2, 0.25) is 0 Å². The summed E-state index contributed by atoms with van der Waals surface area (Å²) in [6, 6.07) is 5.31. The third-order valence-corrected chi connectivity index (χ3v) is 3.40. The number of rotatable bonds is 7. The van der Waals surface area contributed by atoms with E-state index in [-0.39, 0.29) is 5.82 Å². The van der Waals surface area contributed by atoms with E-state index < -0.39 is 0 Å². The molecule has 18 heavy (non-hydrogen) atoms. The van der Waals surface area contributed by atoms with Crippen LogP contribution in [0.15, 0.2) is 18.2 Å². The van der Waals surface area contributed by atoms with Gasteiger partial charge in [-0.15, -0.1) is 11.6 Å². The molecule has 0 aliphatic rings. The SMILES string of the molecule is CCC(C)N(CCOC)c1cc(F)cc(CCl)c1. The summed E-state index contributed by atoms with van der Waals surface area (Å²) >= 11 is 5.78. The maximum absolute atomic E-state index is 13.5. The summed E-state index contributed by atoms with van der Waals surface area (Å²) < 4.78 is 18.7. The summed E-state index contributed by atoms with van der Waals surface area (Å²) in [5, 5.41) is 0. The standard InChI is InChI=1S/C14H21ClFNO/c1-4-11(2)17(5-6-18-3)14-8-12(10-15)7-13(16)9-14/h7-9,11H,4-6,10H2,1-3H3. The zero-order valence-corrected chi connectivity index (χ0v) is 12.0. The van der Waals surface area contributed by atoms with Gasteiger partial charge in [-0.05, 0) is 37.1 Å². The molecule has 0 aliphatic carbocycles. The molecule has 1 atom stereocenters. The summed E-state index contributed by atoms with van der Waals surface area (Å²) in [6.45, 7) is 5.61. The van der Waals surface area contributed by atoms with Crippen LogP contribution in [-0.4, -0.2) is 26.3 Å². The Morgan fingerprint density at radius 1 is 1.39 bits per heavy atom. The molecule has 0 spiro atoms. The number of nitrogens with zero attached hydrogens (tertiary/aromatic N) is 1. The van der Waals surface area contributed by atoms with Crippen LogP contribution in [0.5, 0.6) is 0 Å². The largest absolute Gasteiger partial charge is 0.383 e. The number of benzene rings is 1. The smallest absolute Gasteiger partial charge is 0.125 e. The highest BCUT2D eigenvalue weighted by Crippen LogP contribution is 2.22. The Morgan fingerprint density at radius 2 is 2.11 bits per heavy atom. The molecule has 1 rings (SSSR count). The maximum Gasteiger partial charge on any atom is 0.125 e. The van der Waals surface area contributed by atoms with E-state index in [9.17, 15) is 4.39 Å². The highest BCUT2D eigenvalue weighted by Gasteiger charge is 2.14. The van der Waals surface area contributed by atoms with E-state index in [2.05, 4.69) is 18.7 Å². The number of ether oxygens (including phenoxy) is 1. The Hall–Kier alpha value is -0.800. The summed E-state index contributed by atoms with van der Waals surface area (Å²) in [7, 11) is 1.67. The molecule has 1 unspecified atom stereocenters. The molecular formula is C14H21ClFNO. The highest BCUT2D eigenvalue weighted by molar-refractivity contribution is 6.17. The van der Waals surface area contributed by atoms with Crippen LogP contribution in [0, 0.1) is 5.82 Å². The van der Waals surface area contributed by atoms with E-state index in [0.29, 0.717) is 18.5 Å². The average Bonchev–Trinajstić information content (AvgIpc) is 2.38. The minimum Gasteiger partial charge on any atom is -0.383 e. The molecule has 0 saturated carbocycles. The van der Waals surface area contributed by atoms with Crippen molar-refractivity contribution < 1.29 is 9.13 Å². The lowest BCUT2D eigenvalue weighted by atomic mass is 10.1. The van der Waals surface area contributed by atoms with Crippen LogP contribution >= 0.6 is 11.6 Å². The molecule has 0 N–H and O–H groups in total. The Morgan fingerprint density at radius 3 is 2.67 bits per heavy atom. The van der Waals surface area contributed by atoms with Gasteiger partial charge in [0.15, 0.2) is 0 Å². The van der Waals surface area contributed by atoms with Crippen molar-refractivity contribution in [2.24, 2.45) is 0 Å². The second-order valence-corrected chi connectivity index (χ2v) is 4.66. The molecule has 1 aromatic rings. The lowest BCUT2D eigenvalue weighted by Crippen LogP contribution is -2.35. The number of halogens is 2. The molecular weight excluding hydrogens is 253 g/mol. The average molecular weight is 274 g/mol. The quantitative estimate of drug-likeness (QED) is 0.701. The zero-order chi connectivity index (χ0) is 13.5. The second-order valence-electron chi connectivity index (χ2n) is 4.39. The van der Waals surface area contributed by atoms with Crippen LogP contribution in [0.3, 0.4) is 0 Å². The predicted octanol–water partition coefficient (Wildman–Crippen LogP) is 3.82. The molecule has 4 heteroatoms. The molecule has 1 aromatic carbocycles. The molecule has 0 amide bonds. The molecule has 0 aliphatic heterocycles. The van der Waals surface area contributed by atoms with Gasteiger partial charge in [0.25, 0.3) is 0 Å². The minimum absolute atomic E-state index is 0.242. The maximum atomic E-state index is 13.5. The van der Waals surface area contributed by atoms with Gasteiger partial charge < -0.3 is 9.64 Å². The molecule has 102 valence electrons. The zero-order valence-electron chi connectivity index (χ0n) is 11.2. The van der Waals surface area contributed by atoms with Gasteiger partial charge in [-0.3, -0.25) is 0 Å². The van der Waals surface area contributed by atoms with E-state index in [1.54, 1.807) is 13.2 Å². The first-order valence-electron chi connectivity index (χ1n) is 6.23. The van der Waals surface area contributed by atoms with Crippen molar-refractivity contribution in [1.29, 1.82) is 0 Å². The van der Waals surface area contributed by atoms with Crippen LogP contribution in [0.4, 0.5) is 10.1 Å². The topological polar surface area (TPSA) is 12.5 Å². The molecule has 0 saturated heterocycles. The predicted molar refractivity (Wildman–Crippen MR) is 74.9 cm³/mol. The van der Waals surface area contributed by atoms with Gasteiger partial charge in [0.05, 0.1) is 6.61 Å². The number of alkyl halides is 1. The number of hydrogen-bond donors (Lipinski definition) is 0. The fourth-order valence-electron chi connectivity index (χ4n) is 1.89. The minimum atomic E-state index is -0.242. The van der Waals surface area contributed by atoms with Crippen LogP contribution in [0.1, 0.15) is 25.8 Å². The summed E-state index contributed by atoms with van der Waals surface area (Å²) in [5.41, 5.74) is 1.68. The first-order chi connectivity index (χ1) is 8.62. The van der Waals surface area contributed by atoms with Crippen LogP contribution < -0.4 is 4.90 Å². The van der Waals surface area contributed by atoms with E-state index >= 15 is 0 Å². The number of methoxy groups -OCH3 is 1. The molecule has 0 radical (unpaired) electrons. The Kier molecular flexibility index (Phi) is 6.44. The molecule has 0 fully saturated rings. The summed E-state index contributed by atoms with van der Waals surface area (Å²) in [6.07, 6.45) is 0.996. The fourth-order valence-corrected chi connectivity index (χ4v) is 2.04. The fraction of sp³-hybridized carbons (Fsp3) is 0.571.